The number of halogens is 3. The molecule has 0 atom stereocenters. The Morgan fingerprint density at radius 3 is 1.53 bits per heavy atom. The summed E-state index contributed by atoms with van der Waals surface area (Å²) >= 11 is 0. The van der Waals surface area contributed by atoms with E-state index in [-0.39, 0.29) is 28.7 Å². The topological polar surface area (TPSA) is 66.2 Å². The molecule has 8 heteroatoms. The smallest absolute Gasteiger partial charge is 0.423 e. The summed E-state index contributed by atoms with van der Waals surface area (Å²) in [5.41, 5.74) is 0.0000463. The molecule has 0 bridgehead atoms. The van der Waals surface area contributed by atoms with Gasteiger partial charge in [0.25, 0.3) is 0 Å². The maximum Gasteiger partial charge on any atom is 0.492 e. The fourth-order valence-electron chi connectivity index (χ4n) is 1.78. The second-order valence-corrected chi connectivity index (χ2v) is 4.91. The highest BCUT2D eigenvalue weighted by atomic mass is 19.4. The van der Waals surface area contributed by atoms with E-state index in [1.807, 2.05) is 0 Å². The van der Waals surface area contributed by atoms with E-state index < -0.39 is 19.1 Å². The van der Waals surface area contributed by atoms with Gasteiger partial charge in [-0.3, -0.25) is 0 Å². The number of nitrogens with zero attached hydrogens (tertiary/aromatic N) is 2. The molecule has 0 spiro atoms. The number of hydrogen-bond acceptors (Lipinski definition) is 4. The van der Waals surface area contributed by atoms with Gasteiger partial charge in [-0.05, 0) is 11.8 Å². The zero-order chi connectivity index (χ0) is 15.0. The number of rotatable bonds is 3. The predicted octanol–water partition coefficient (Wildman–Crippen LogP) is 1.42. The first-order chi connectivity index (χ1) is 8.55. The molecule has 0 fully saturated rings. The summed E-state index contributed by atoms with van der Waals surface area (Å²) in [5, 5.41) is 18.7. The van der Waals surface area contributed by atoms with Gasteiger partial charge in [0.05, 0.1) is 0 Å². The second kappa shape index (κ2) is 5.46. The molecule has 0 aliphatic heterocycles. The van der Waals surface area contributed by atoms with Crippen LogP contribution in [0.3, 0.4) is 0 Å². The van der Waals surface area contributed by atoms with Crippen molar-refractivity contribution in [1.82, 2.24) is 9.97 Å². The number of hydrogen-bond donors (Lipinski definition) is 2. The number of alkyl halides is 3. The summed E-state index contributed by atoms with van der Waals surface area (Å²) in [7, 11) is -1.89. The van der Waals surface area contributed by atoms with Crippen LogP contribution in [-0.4, -0.2) is 27.1 Å². The fraction of sp³-hybridized carbons (Fsp3) is 0.636. The van der Waals surface area contributed by atoms with Gasteiger partial charge in [-0.15, -0.1) is 0 Å². The molecule has 1 aromatic heterocycles. The van der Waals surface area contributed by atoms with Gasteiger partial charge in [-0.25, -0.2) is 9.97 Å². The van der Waals surface area contributed by atoms with Crippen LogP contribution in [0, 0.1) is 0 Å². The molecule has 19 heavy (non-hydrogen) atoms. The highest BCUT2D eigenvalue weighted by molar-refractivity contribution is 6.59. The van der Waals surface area contributed by atoms with E-state index in [9.17, 15) is 23.2 Å². The normalized spacial score (nSPS) is 12.4. The molecule has 0 amide bonds. The lowest BCUT2D eigenvalue weighted by atomic mass is 9.73. The molecule has 2 N–H and O–H groups in total. The van der Waals surface area contributed by atoms with Crippen molar-refractivity contribution >= 4 is 12.6 Å². The zero-order valence-electron chi connectivity index (χ0n) is 11.2. The summed E-state index contributed by atoms with van der Waals surface area (Å²) in [5.74, 6) is -2.00. The van der Waals surface area contributed by atoms with Gasteiger partial charge in [0.2, 0.25) is 5.82 Å². The van der Waals surface area contributed by atoms with Crippen LogP contribution >= 0.6 is 0 Å². The van der Waals surface area contributed by atoms with Gasteiger partial charge < -0.3 is 10.0 Å². The van der Waals surface area contributed by atoms with E-state index in [2.05, 4.69) is 9.97 Å². The van der Waals surface area contributed by atoms with Crippen molar-refractivity contribution in [3.8, 4) is 0 Å². The molecule has 0 aromatic carbocycles. The van der Waals surface area contributed by atoms with Crippen molar-refractivity contribution in [3.63, 3.8) is 0 Å². The Balaban J connectivity index is 3.63. The van der Waals surface area contributed by atoms with Crippen LogP contribution in [0.2, 0.25) is 0 Å². The van der Waals surface area contributed by atoms with Gasteiger partial charge in [-0.2, -0.15) is 13.2 Å². The Hall–Kier alpha value is -1.15. The minimum absolute atomic E-state index is 0.0148. The number of aromatic nitrogens is 2. The Labute approximate surface area is 109 Å². The van der Waals surface area contributed by atoms with E-state index >= 15 is 0 Å². The Morgan fingerprint density at radius 1 is 0.947 bits per heavy atom. The van der Waals surface area contributed by atoms with Gasteiger partial charge in [-0.1, -0.05) is 27.7 Å². The summed E-state index contributed by atoms with van der Waals surface area (Å²) < 4.78 is 38.3. The zero-order valence-corrected chi connectivity index (χ0v) is 11.2. The first-order valence-electron chi connectivity index (χ1n) is 5.90. The third-order valence-corrected chi connectivity index (χ3v) is 2.61. The summed E-state index contributed by atoms with van der Waals surface area (Å²) in [6.45, 7) is 6.55. The summed E-state index contributed by atoms with van der Waals surface area (Å²) in [6, 6.07) is 0. The lowest BCUT2D eigenvalue weighted by molar-refractivity contribution is -0.145. The largest absolute Gasteiger partial charge is 0.492 e. The molecule has 1 aromatic rings. The average Bonchev–Trinajstić information content (AvgIpc) is 2.25. The van der Waals surface area contributed by atoms with Gasteiger partial charge in [0.1, 0.15) is 0 Å². The molecule has 1 heterocycles. The highest BCUT2D eigenvalue weighted by Crippen LogP contribution is 2.28. The molecule has 0 aliphatic rings. The first-order valence-corrected chi connectivity index (χ1v) is 5.90. The monoisotopic (exact) mass is 276 g/mol. The standard InChI is InChI=1S/C11H16BF3N2O2/c1-5(2)8-7(12(18)19)9(6(3)4)17-10(16-8)11(13,14)15/h5-6,18-19H,1-4H3. The van der Waals surface area contributed by atoms with Crippen molar-refractivity contribution < 1.29 is 23.2 Å². The maximum absolute atomic E-state index is 12.8. The lowest BCUT2D eigenvalue weighted by Crippen LogP contribution is -2.40. The Bertz CT molecular complexity index is 433. The van der Waals surface area contributed by atoms with Gasteiger partial charge in [0, 0.05) is 16.9 Å². The van der Waals surface area contributed by atoms with E-state index in [1.54, 1.807) is 27.7 Å². The Kier molecular flexibility index (Phi) is 4.57. The predicted molar refractivity (Wildman–Crippen MR) is 65.0 cm³/mol. The van der Waals surface area contributed by atoms with Gasteiger partial charge >= 0.3 is 13.3 Å². The third kappa shape index (κ3) is 3.45. The average molecular weight is 276 g/mol. The van der Waals surface area contributed by atoms with Gasteiger partial charge in [0.15, 0.2) is 0 Å². The van der Waals surface area contributed by atoms with Crippen LogP contribution in [-0.2, 0) is 6.18 Å². The van der Waals surface area contributed by atoms with Crippen LogP contribution in [0.15, 0.2) is 0 Å². The van der Waals surface area contributed by atoms with Crippen molar-refractivity contribution in [2.75, 3.05) is 0 Å². The molecule has 0 saturated heterocycles. The van der Waals surface area contributed by atoms with Crippen molar-refractivity contribution in [2.24, 2.45) is 0 Å². The second-order valence-electron chi connectivity index (χ2n) is 4.91. The fourth-order valence-corrected chi connectivity index (χ4v) is 1.78. The molecule has 0 radical (unpaired) electrons. The SMILES string of the molecule is CC(C)c1nc(C(F)(F)F)nc(C(C)C)c1B(O)O. The van der Waals surface area contributed by atoms with E-state index in [0.29, 0.717) is 0 Å². The summed E-state index contributed by atoms with van der Waals surface area (Å²) in [4.78, 5) is 6.90. The van der Waals surface area contributed by atoms with E-state index in [0.717, 1.165) is 0 Å². The molecular formula is C11H16BF3N2O2. The Morgan fingerprint density at radius 2 is 1.32 bits per heavy atom. The first kappa shape index (κ1) is 15.9. The van der Waals surface area contributed by atoms with Crippen molar-refractivity contribution in [3.05, 3.63) is 17.2 Å². The quantitative estimate of drug-likeness (QED) is 0.819. The lowest BCUT2D eigenvalue weighted by Gasteiger charge is -2.19. The van der Waals surface area contributed by atoms with Crippen molar-refractivity contribution in [2.45, 2.75) is 45.7 Å². The minimum atomic E-state index is -4.66. The third-order valence-electron chi connectivity index (χ3n) is 2.61. The summed E-state index contributed by atoms with van der Waals surface area (Å²) in [6.07, 6.45) is -4.66. The molecule has 1 rings (SSSR count). The minimum Gasteiger partial charge on any atom is -0.423 e. The molecule has 0 unspecified atom stereocenters. The van der Waals surface area contributed by atoms with Crippen LogP contribution in [0.5, 0.6) is 0 Å². The van der Waals surface area contributed by atoms with Crippen LogP contribution in [0.1, 0.15) is 56.7 Å². The van der Waals surface area contributed by atoms with Crippen molar-refractivity contribution in [1.29, 1.82) is 0 Å². The van der Waals surface area contributed by atoms with Crippen LogP contribution in [0.4, 0.5) is 13.2 Å². The van der Waals surface area contributed by atoms with Crippen LogP contribution < -0.4 is 5.46 Å². The highest BCUT2D eigenvalue weighted by Gasteiger charge is 2.38. The molecule has 0 saturated carbocycles. The molecule has 4 nitrogen and oxygen atoms in total. The molecule has 106 valence electrons. The van der Waals surface area contributed by atoms with Crippen LogP contribution in [0.25, 0.3) is 0 Å². The maximum atomic E-state index is 12.8. The van der Waals surface area contributed by atoms with E-state index in [1.165, 1.54) is 0 Å². The van der Waals surface area contributed by atoms with E-state index in [4.69, 9.17) is 0 Å². The molecular weight excluding hydrogens is 260 g/mol. The molecule has 0 aliphatic carbocycles.